The average molecular weight is 284 g/mol. The van der Waals surface area contributed by atoms with Crippen LogP contribution >= 0.6 is 11.6 Å². The fraction of sp³-hybridized carbons (Fsp3) is 0.667. The van der Waals surface area contributed by atoms with Crippen LogP contribution in [0.25, 0.3) is 0 Å². The highest BCUT2D eigenvalue weighted by Crippen LogP contribution is 2.20. The molecule has 0 amide bonds. The molecule has 1 aromatic rings. The van der Waals surface area contributed by atoms with Crippen molar-refractivity contribution in [2.45, 2.75) is 47.2 Å². The van der Waals surface area contributed by atoms with E-state index in [2.05, 4.69) is 49.8 Å². The van der Waals surface area contributed by atoms with Crippen molar-refractivity contribution >= 4 is 17.4 Å². The van der Waals surface area contributed by atoms with Gasteiger partial charge in [0.15, 0.2) is 0 Å². The van der Waals surface area contributed by atoms with Gasteiger partial charge >= 0.3 is 0 Å². The minimum Gasteiger partial charge on any atom is -0.370 e. The summed E-state index contributed by atoms with van der Waals surface area (Å²) < 4.78 is 0. The summed E-state index contributed by atoms with van der Waals surface area (Å²) in [5.74, 6) is 1.54. The van der Waals surface area contributed by atoms with E-state index in [9.17, 15) is 0 Å². The zero-order valence-corrected chi connectivity index (χ0v) is 13.5. The first-order valence-corrected chi connectivity index (χ1v) is 7.45. The number of anilines is 1. The third-order valence-corrected chi connectivity index (χ3v) is 3.30. The Bertz CT molecular complexity index is 391. The molecule has 3 nitrogen and oxygen atoms in total. The summed E-state index contributed by atoms with van der Waals surface area (Å²) in [6.07, 6.45) is 0. The number of hydrogen-bond acceptors (Lipinski definition) is 3. The predicted octanol–water partition coefficient (Wildman–Crippen LogP) is 4.03. The van der Waals surface area contributed by atoms with Crippen LogP contribution in [0.4, 0.5) is 5.82 Å². The van der Waals surface area contributed by atoms with Crippen LogP contribution in [-0.2, 0) is 6.54 Å². The summed E-state index contributed by atoms with van der Waals surface area (Å²) in [6, 6.07) is 4.34. The highest BCUT2D eigenvalue weighted by Gasteiger charge is 2.14. The monoisotopic (exact) mass is 283 g/mol. The lowest BCUT2D eigenvalue weighted by molar-refractivity contribution is 0.187. The Morgan fingerprint density at radius 2 is 1.95 bits per heavy atom. The van der Waals surface area contributed by atoms with Gasteiger partial charge in [0.05, 0.1) is 10.7 Å². The first kappa shape index (κ1) is 16.3. The molecule has 1 rings (SSSR count). The summed E-state index contributed by atoms with van der Waals surface area (Å²) in [5, 5.41) is 3.98. The summed E-state index contributed by atoms with van der Waals surface area (Å²) in [6.45, 7) is 13.7. The van der Waals surface area contributed by atoms with E-state index in [1.54, 1.807) is 0 Å². The molecule has 4 heteroatoms. The number of rotatable bonds is 7. The maximum absolute atomic E-state index is 6.26. The number of nitrogens with zero attached hydrogens (tertiary/aromatic N) is 2. The van der Waals surface area contributed by atoms with E-state index in [1.807, 2.05) is 12.1 Å². The van der Waals surface area contributed by atoms with Crippen molar-refractivity contribution in [3.8, 4) is 0 Å². The van der Waals surface area contributed by atoms with Crippen LogP contribution in [0.1, 0.15) is 40.3 Å². The third kappa shape index (κ3) is 5.37. The van der Waals surface area contributed by atoms with Gasteiger partial charge in [-0.15, -0.1) is 0 Å². The zero-order valence-electron chi connectivity index (χ0n) is 12.7. The van der Waals surface area contributed by atoms with Gasteiger partial charge in [-0.1, -0.05) is 25.4 Å². The van der Waals surface area contributed by atoms with E-state index in [0.717, 1.165) is 36.2 Å². The average Bonchev–Trinajstić information content (AvgIpc) is 2.32. The fourth-order valence-electron chi connectivity index (χ4n) is 1.99. The van der Waals surface area contributed by atoms with Crippen LogP contribution in [-0.4, -0.2) is 29.0 Å². The first-order valence-electron chi connectivity index (χ1n) is 7.07. The predicted molar refractivity (Wildman–Crippen MR) is 83.8 cm³/mol. The molecule has 108 valence electrons. The molecule has 0 fully saturated rings. The van der Waals surface area contributed by atoms with Crippen LogP contribution in [0.5, 0.6) is 0 Å². The maximum atomic E-state index is 6.26. The minimum absolute atomic E-state index is 0.489. The molecule has 0 aliphatic rings. The van der Waals surface area contributed by atoms with Crippen molar-refractivity contribution in [2.75, 3.05) is 18.4 Å². The van der Waals surface area contributed by atoms with Crippen molar-refractivity contribution < 1.29 is 0 Å². The summed E-state index contributed by atoms with van der Waals surface area (Å²) in [4.78, 5) is 7.02. The smallest absolute Gasteiger partial charge is 0.126 e. The van der Waals surface area contributed by atoms with Crippen LogP contribution in [0.2, 0.25) is 5.02 Å². The van der Waals surface area contributed by atoms with Crippen LogP contribution in [0.3, 0.4) is 0 Å². The van der Waals surface area contributed by atoms with Crippen molar-refractivity contribution in [2.24, 2.45) is 5.92 Å². The number of hydrogen-bond donors (Lipinski definition) is 1. The van der Waals surface area contributed by atoms with E-state index in [1.165, 1.54) is 0 Å². The molecule has 1 aromatic heterocycles. The SMILES string of the molecule is CCNc1ccc(Cl)c(CN(CC(C)C)C(C)C)n1. The summed E-state index contributed by atoms with van der Waals surface area (Å²) in [5.41, 5.74) is 0.953. The number of pyridine rings is 1. The number of nitrogens with one attached hydrogen (secondary N) is 1. The molecule has 0 saturated carbocycles. The van der Waals surface area contributed by atoms with Gasteiger partial charge in [-0.3, -0.25) is 4.90 Å². The molecule has 1 N–H and O–H groups in total. The highest BCUT2D eigenvalue weighted by atomic mass is 35.5. The zero-order chi connectivity index (χ0) is 14.4. The van der Waals surface area contributed by atoms with E-state index >= 15 is 0 Å². The summed E-state index contributed by atoms with van der Waals surface area (Å²) in [7, 11) is 0. The lowest BCUT2D eigenvalue weighted by Gasteiger charge is -2.28. The van der Waals surface area contributed by atoms with E-state index in [-0.39, 0.29) is 0 Å². The van der Waals surface area contributed by atoms with Crippen molar-refractivity contribution in [1.82, 2.24) is 9.88 Å². The molecular weight excluding hydrogens is 258 g/mol. The molecule has 0 aromatic carbocycles. The Morgan fingerprint density at radius 1 is 1.26 bits per heavy atom. The standard InChI is InChI=1S/C15H26ClN3/c1-6-17-15-8-7-13(16)14(18-15)10-19(12(4)5)9-11(2)3/h7-8,11-12H,6,9-10H2,1-5H3,(H,17,18). The second-order valence-corrected chi connectivity index (χ2v) is 5.98. The highest BCUT2D eigenvalue weighted by molar-refractivity contribution is 6.31. The quantitative estimate of drug-likeness (QED) is 0.819. The van der Waals surface area contributed by atoms with Gasteiger partial charge in [0.2, 0.25) is 0 Å². The molecule has 0 spiro atoms. The number of halogens is 1. The molecular formula is C15H26ClN3. The molecule has 0 unspecified atom stereocenters. The Hall–Kier alpha value is -0.800. The van der Waals surface area contributed by atoms with Gasteiger partial charge in [0.1, 0.15) is 5.82 Å². The normalized spacial score (nSPS) is 11.6. The molecule has 0 saturated heterocycles. The first-order chi connectivity index (χ1) is 8.93. The van der Waals surface area contributed by atoms with Gasteiger partial charge in [0.25, 0.3) is 0 Å². The van der Waals surface area contributed by atoms with E-state index in [0.29, 0.717) is 12.0 Å². The van der Waals surface area contributed by atoms with Crippen molar-refractivity contribution in [3.63, 3.8) is 0 Å². The second-order valence-electron chi connectivity index (χ2n) is 5.57. The van der Waals surface area contributed by atoms with Crippen LogP contribution in [0, 0.1) is 5.92 Å². The minimum atomic E-state index is 0.489. The van der Waals surface area contributed by atoms with Gasteiger partial charge in [-0.2, -0.15) is 0 Å². The van der Waals surface area contributed by atoms with Crippen LogP contribution in [0.15, 0.2) is 12.1 Å². The Labute approximate surface area is 122 Å². The van der Waals surface area contributed by atoms with E-state index < -0.39 is 0 Å². The Morgan fingerprint density at radius 3 is 2.47 bits per heavy atom. The lowest BCUT2D eigenvalue weighted by atomic mass is 10.1. The largest absolute Gasteiger partial charge is 0.370 e. The number of aromatic nitrogens is 1. The topological polar surface area (TPSA) is 28.2 Å². The second kappa shape index (κ2) is 7.71. The maximum Gasteiger partial charge on any atom is 0.126 e. The van der Waals surface area contributed by atoms with Gasteiger partial charge < -0.3 is 5.32 Å². The van der Waals surface area contributed by atoms with Gasteiger partial charge in [-0.25, -0.2) is 4.98 Å². The molecule has 0 aliphatic carbocycles. The Balaban J connectivity index is 2.85. The molecule has 19 heavy (non-hydrogen) atoms. The van der Waals surface area contributed by atoms with Gasteiger partial charge in [-0.05, 0) is 38.8 Å². The molecule has 1 heterocycles. The molecule has 0 atom stereocenters. The van der Waals surface area contributed by atoms with Gasteiger partial charge in [0, 0.05) is 25.7 Å². The Kier molecular flexibility index (Phi) is 6.59. The third-order valence-electron chi connectivity index (χ3n) is 2.96. The molecule has 0 radical (unpaired) electrons. The van der Waals surface area contributed by atoms with E-state index in [4.69, 9.17) is 11.6 Å². The van der Waals surface area contributed by atoms with Crippen molar-refractivity contribution in [1.29, 1.82) is 0 Å². The lowest BCUT2D eigenvalue weighted by Crippen LogP contribution is -2.34. The van der Waals surface area contributed by atoms with Crippen molar-refractivity contribution in [3.05, 3.63) is 22.8 Å². The fourth-order valence-corrected chi connectivity index (χ4v) is 2.16. The van der Waals surface area contributed by atoms with Crippen LogP contribution < -0.4 is 5.32 Å². The molecule has 0 bridgehead atoms. The summed E-state index contributed by atoms with van der Waals surface area (Å²) >= 11 is 6.26. The molecule has 0 aliphatic heterocycles.